The fourth-order valence-corrected chi connectivity index (χ4v) is 4.74. The van der Waals surface area contributed by atoms with Gasteiger partial charge in [0.25, 0.3) is 5.56 Å². The topological polar surface area (TPSA) is 95.9 Å². The number of nitrogens with zero attached hydrogens (tertiary/aromatic N) is 3. The van der Waals surface area contributed by atoms with Gasteiger partial charge >= 0.3 is 5.97 Å². The van der Waals surface area contributed by atoms with Gasteiger partial charge in [-0.05, 0) is 73.4 Å². The monoisotopic (exact) mass is 549 g/mol. The average Bonchev–Trinajstić information content (AvgIpc) is 3.45. The Morgan fingerprint density at radius 1 is 1.05 bits per heavy atom. The zero-order valence-corrected chi connectivity index (χ0v) is 23.7. The van der Waals surface area contributed by atoms with E-state index < -0.39 is 5.97 Å². The molecule has 208 valence electrons. The van der Waals surface area contributed by atoms with Gasteiger partial charge in [-0.25, -0.2) is 9.78 Å². The molecule has 0 unspecified atom stereocenters. The number of ether oxygens (including phenoxy) is 2. The first-order valence-electron chi connectivity index (χ1n) is 13.4. The van der Waals surface area contributed by atoms with E-state index in [1.165, 1.54) is 18.0 Å². The van der Waals surface area contributed by atoms with Crippen LogP contribution in [0.2, 0.25) is 0 Å². The van der Waals surface area contributed by atoms with Crippen LogP contribution >= 0.6 is 0 Å². The van der Waals surface area contributed by atoms with Crippen molar-refractivity contribution in [2.75, 3.05) is 13.7 Å². The summed E-state index contributed by atoms with van der Waals surface area (Å²) in [5.41, 5.74) is 3.97. The first-order valence-corrected chi connectivity index (χ1v) is 13.4. The minimum absolute atomic E-state index is 0.189. The van der Waals surface area contributed by atoms with Gasteiger partial charge < -0.3 is 13.9 Å². The van der Waals surface area contributed by atoms with Gasteiger partial charge in [-0.15, -0.1) is 0 Å². The van der Waals surface area contributed by atoms with Crippen molar-refractivity contribution in [2.24, 2.45) is 5.10 Å². The predicted molar refractivity (Wildman–Crippen MR) is 160 cm³/mol. The second-order valence-electron chi connectivity index (χ2n) is 9.85. The second kappa shape index (κ2) is 11.6. The smallest absolute Gasteiger partial charge is 0.338 e. The lowest BCUT2D eigenvalue weighted by Crippen LogP contribution is -2.20. The Balaban J connectivity index is 1.64. The average molecular weight is 550 g/mol. The molecule has 0 aliphatic carbocycles. The van der Waals surface area contributed by atoms with Crippen molar-refractivity contribution in [1.82, 2.24) is 9.66 Å². The SMILES string of the molecule is CCOc1cc(C)c(-c2nc3ccccc3c(=O)n2N=Cc2ccc(-c3ccccc3C(=O)OC)o2)cc1C(C)C. The standard InChI is InChI=1S/C33H31N3O5/c1-6-40-30-17-21(4)27(18-26(30)20(2)3)31-35-28-14-10-9-13-25(28)32(37)36(31)34-19-22-15-16-29(41-22)23-11-7-8-12-24(23)33(38)39-5/h7-20H,6H2,1-5H3. The number of benzene rings is 3. The molecule has 0 saturated heterocycles. The highest BCUT2D eigenvalue weighted by Gasteiger charge is 2.19. The van der Waals surface area contributed by atoms with E-state index in [2.05, 4.69) is 18.9 Å². The maximum Gasteiger partial charge on any atom is 0.338 e. The summed E-state index contributed by atoms with van der Waals surface area (Å²) in [4.78, 5) is 30.9. The van der Waals surface area contributed by atoms with E-state index in [9.17, 15) is 9.59 Å². The van der Waals surface area contributed by atoms with Crippen molar-refractivity contribution in [3.8, 4) is 28.5 Å². The molecule has 0 bridgehead atoms. The van der Waals surface area contributed by atoms with Crippen LogP contribution in [-0.4, -0.2) is 35.6 Å². The van der Waals surface area contributed by atoms with E-state index in [4.69, 9.17) is 18.9 Å². The Labute approximate surface area is 237 Å². The summed E-state index contributed by atoms with van der Waals surface area (Å²) in [6, 6.07) is 21.7. The second-order valence-corrected chi connectivity index (χ2v) is 9.85. The van der Waals surface area contributed by atoms with Crippen LogP contribution in [-0.2, 0) is 4.74 Å². The molecular formula is C33H31N3O5. The summed E-state index contributed by atoms with van der Waals surface area (Å²) >= 11 is 0. The third kappa shape index (κ3) is 5.41. The molecule has 0 spiro atoms. The van der Waals surface area contributed by atoms with Crippen LogP contribution in [0.4, 0.5) is 0 Å². The Bertz CT molecular complexity index is 1830. The van der Waals surface area contributed by atoms with Crippen molar-refractivity contribution in [2.45, 2.75) is 33.6 Å². The molecule has 0 amide bonds. The quantitative estimate of drug-likeness (QED) is 0.156. The van der Waals surface area contributed by atoms with Gasteiger partial charge in [-0.3, -0.25) is 4.79 Å². The normalized spacial score (nSPS) is 11.5. The number of rotatable bonds is 8. The molecule has 0 N–H and O–H groups in total. The van der Waals surface area contributed by atoms with Gasteiger partial charge in [-0.1, -0.05) is 44.2 Å². The number of carbonyl (C=O) groups is 1. The fraction of sp³-hybridized carbons (Fsp3) is 0.212. The fourth-order valence-electron chi connectivity index (χ4n) is 4.74. The van der Waals surface area contributed by atoms with Gasteiger partial charge in [-0.2, -0.15) is 9.78 Å². The molecule has 41 heavy (non-hydrogen) atoms. The first kappa shape index (κ1) is 27.6. The highest BCUT2D eigenvalue weighted by molar-refractivity contribution is 5.96. The zero-order chi connectivity index (χ0) is 29.1. The highest BCUT2D eigenvalue weighted by Crippen LogP contribution is 2.34. The molecule has 0 atom stereocenters. The Morgan fingerprint density at radius 2 is 1.80 bits per heavy atom. The van der Waals surface area contributed by atoms with Gasteiger partial charge in [0.2, 0.25) is 0 Å². The molecule has 5 aromatic rings. The molecule has 2 aromatic heterocycles. The molecule has 8 nitrogen and oxygen atoms in total. The largest absolute Gasteiger partial charge is 0.494 e. The van der Waals surface area contributed by atoms with E-state index in [0.29, 0.717) is 46.0 Å². The van der Waals surface area contributed by atoms with E-state index in [-0.39, 0.29) is 11.5 Å². The third-order valence-electron chi connectivity index (χ3n) is 6.80. The maximum atomic E-state index is 13.7. The summed E-state index contributed by atoms with van der Waals surface area (Å²) in [7, 11) is 1.34. The summed E-state index contributed by atoms with van der Waals surface area (Å²) in [6.45, 7) is 8.68. The van der Waals surface area contributed by atoms with Crippen LogP contribution in [0.1, 0.15) is 53.9 Å². The summed E-state index contributed by atoms with van der Waals surface area (Å²) < 4.78 is 18.1. The molecule has 2 heterocycles. The zero-order valence-electron chi connectivity index (χ0n) is 23.7. The van der Waals surface area contributed by atoms with E-state index >= 15 is 0 Å². The highest BCUT2D eigenvalue weighted by atomic mass is 16.5. The van der Waals surface area contributed by atoms with Crippen LogP contribution < -0.4 is 10.3 Å². The number of carbonyl (C=O) groups excluding carboxylic acids is 1. The number of aryl methyl sites for hydroxylation is 1. The van der Waals surface area contributed by atoms with Gasteiger partial charge in [0, 0.05) is 11.1 Å². The van der Waals surface area contributed by atoms with Gasteiger partial charge in [0.15, 0.2) is 5.82 Å². The van der Waals surface area contributed by atoms with Crippen molar-refractivity contribution >= 4 is 23.1 Å². The summed E-state index contributed by atoms with van der Waals surface area (Å²) in [6.07, 6.45) is 1.47. The van der Waals surface area contributed by atoms with Crippen LogP contribution in [0.5, 0.6) is 5.75 Å². The Kier molecular flexibility index (Phi) is 7.83. The molecular weight excluding hydrogens is 518 g/mol. The number of hydrogen-bond acceptors (Lipinski definition) is 7. The molecule has 0 saturated carbocycles. The van der Waals surface area contributed by atoms with E-state index in [0.717, 1.165) is 22.4 Å². The molecule has 0 radical (unpaired) electrons. The van der Waals surface area contributed by atoms with Gasteiger partial charge in [0.05, 0.1) is 36.4 Å². The predicted octanol–water partition coefficient (Wildman–Crippen LogP) is 6.82. The number of hydrogen-bond donors (Lipinski definition) is 0. The van der Waals surface area contributed by atoms with Crippen molar-refractivity contribution in [1.29, 1.82) is 0 Å². The number of methoxy groups -OCH3 is 1. The number of aromatic nitrogens is 2. The lowest BCUT2D eigenvalue weighted by atomic mass is 9.96. The Hall–Kier alpha value is -4.98. The van der Waals surface area contributed by atoms with Crippen molar-refractivity contribution in [3.05, 3.63) is 106 Å². The van der Waals surface area contributed by atoms with E-state index in [1.807, 2.05) is 44.2 Å². The minimum Gasteiger partial charge on any atom is -0.494 e. The minimum atomic E-state index is -0.461. The Morgan fingerprint density at radius 3 is 2.56 bits per heavy atom. The molecule has 8 heteroatoms. The summed E-state index contributed by atoms with van der Waals surface area (Å²) in [5, 5.41) is 5.01. The molecule has 0 aliphatic heterocycles. The maximum absolute atomic E-state index is 13.7. The lowest BCUT2D eigenvalue weighted by Gasteiger charge is -2.18. The van der Waals surface area contributed by atoms with Crippen LogP contribution in [0.3, 0.4) is 0 Å². The van der Waals surface area contributed by atoms with Crippen LogP contribution in [0, 0.1) is 6.92 Å². The molecule has 0 aliphatic rings. The van der Waals surface area contributed by atoms with E-state index in [1.54, 1.807) is 42.5 Å². The lowest BCUT2D eigenvalue weighted by molar-refractivity contribution is 0.0601. The number of esters is 1. The number of furan rings is 1. The number of fused-ring (bicyclic) bond motifs is 1. The molecule has 3 aromatic carbocycles. The van der Waals surface area contributed by atoms with Crippen molar-refractivity contribution < 1.29 is 18.7 Å². The molecule has 0 fully saturated rings. The number of para-hydroxylation sites is 1. The van der Waals surface area contributed by atoms with Gasteiger partial charge in [0.1, 0.15) is 17.3 Å². The van der Waals surface area contributed by atoms with Crippen LogP contribution in [0.15, 0.2) is 87.1 Å². The third-order valence-corrected chi connectivity index (χ3v) is 6.80. The first-order chi connectivity index (χ1) is 19.8. The molecule has 5 rings (SSSR count). The summed E-state index contributed by atoms with van der Waals surface area (Å²) in [5.74, 6) is 1.83. The van der Waals surface area contributed by atoms with Crippen molar-refractivity contribution in [3.63, 3.8) is 0 Å². The van der Waals surface area contributed by atoms with Crippen LogP contribution in [0.25, 0.3) is 33.6 Å².